The van der Waals surface area contributed by atoms with Gasteiger partial charge in [-0.1, -0.05) is 32.0 Å². The van der Waals surface area contributed by atoms with Crippen LogP contribution in [0.25, 0.3) is 0 Å². The normalized spacial score (nSPS) is 16.6. The Hall–Kier alpha value is -2.30. The summed E-state index contributed by atoms with van der Waals surface area (Å²) in [6.45, 7) is 5.37. The molecule has 1 aromatic carbocycles. The number of aromatic nitrogens is 2. The van der Waals surface area contributed by atoms with E-state index in [0.29, 0.717) is 24.9 Å². The van der Waals surface area contributed by atoms with Gasteiger partial charge in [-0.3, -0.25) is 4.79 Å². The number of benzene rings is 1. The zero-order valence-corrected chi connectivity index (χ0v) is 12.2. The molecule has 0 aliphatic carbocycles. The van der Waals surface area contributed by atoms with E-state index in [-0.39, 0.29) is 11.6 Å². The van der Waals surface area contributed by atoms with Crippen molar-refractivity contribution in [3.05, 3.63) is 52.6 Å². The lowest BCUT2D eigenvalue weighted by molar-refractivity contribution is 0.339. The molecule has 1 unspecified atom stereocenters. The summed E-state index contributed by atoms with van der Waals surface area (Å²) >= 11 is 0. The van der Waals surface area contributed by atoms with Gasteiger partial charge in [-0.15, -0.1) is 0 Å². The molecule has 0 saturated carbocycles. The molecular weight excluding hydrogens is 266 g/mol. The second-order valence-electron chi connectivity index (χ2n) is 5.67. The summed E-state index contributed by atoms with van der Waals surface area (Å²) in [6, 6.07) is 7.83. The molecule has 5 heteroatoms. The molecule has 21 heavy (non-hydrogen) atoms. The third kappa shape index (κ3) is 2.77. The fourth-order valence-corrected chi connectivity index (χ4v) is 2.53. The van der Waals surface area contributed by atoms with E-state index in [1.165, 1.54) is 0 Å². The fourth-order valence-electron chi connectivity index (χ4n) is 2.53. The third-order valence-corrected chi connectivity index (χ3v) is 3.49. The van der Waals surface area contributed by atoms with Gasteiger partial charge in [0.1, 0.15) is 12.4 Å². The van der Waals surface area contributed by atoms with E-state index in [1.807, 2.05) is 24.3 Å². The average molecular weight is 285 g/mol. The van der Waals surface area contributed by atoms with Gasteiger partial charge >= 0.3 is 0 Å². The first-order valence-corrected chi connectivity index (χ1v) is 7.19. The number of hydrogen-bond donors (Lipinski definition) is 1. The van der Waals surface area contributed by atoms with Gasteiger partial charge in [0, 0.05) is 24.5 Å². The predicted molar refractivity (Wildman–Crippen MR) is 81.6 cm³/mol. The molecule has 0 saturated heterocycles. The molecule has 110 valence electrons. The smallest absolute Gasteiger partial charge is 0.293 e. The Morgan fingerprint density at radius 2 is 2.24 bits per heavy atom. The van der Waals surface area contributed by atoms with Gasteiger partial charge in [0.05, 0.1) is 6.04 Å². The molecule has 5 nitrogen and oxygen atoms in total. The first kappa shape index (κ1) is 13.7. The van der Waals surface area contributed by atoms with Crippen LogP contribution in [0.4, 0.5) is 5.82 Å². The number of ether oxygens (including phenoxy) is 1. The van der Waals surface area contributed by atoms with Crippen LogP contribution in [0.15, 0.2) is 41.5 Å². The zero-order chi connectivity index (χ0) is 14.8. The number of rotatable bonds is 4. The Kier molecular flexibility index (Phi) is 3.64. The molecule has 1 N–H and O–H groups in total. The Balaban J connectivity index is 1.85. The number of nitrogens with zero attached hydrogens (tertiary/aromatic N) is 2. The largest absolute Gasteiger partial charge is 0.491 e. The molecule has 0 amide bonds. The molecule has 2 heterocycles. The van der Waals surface area contributed by atoms with E-state index in [0.717, 1.165) is 11.3 Å². The monoisotopic (exact) mass is 285 g/mol. The number of fused-ring (bicyclic) bond motifs is 1. The molecule has 3 rings (SSSR count). The van der Waals surface area contributed by atoms with Gasteiger partial charge in [0.15, 0.2) is 5.82 Å². The van der Waals surface area contributed by atoms with Crippen LogP contribution < -0.4 is 15.6 Å². The van der Waals surface area contributed by atoms with Crippen molar-refractivity contribution in [2.45, 2.75) is 26.4 Å². The topological polar surface area (TPSA) is 56.1 Å². The molecule has 0 fully saturated rings. The molecule has 1 aliphatic heterocycles. The summed E-state index contributed by atoms with van der Waals surface area (Å²) in [5.74, 6) is 1.66. The van der Waals surface area contributed by atoms with E-state index in [1.54, 1.807) is 17.0 Å². The maximum absolute atomic E-state index is 12.4. The number of para-hydroxylation sites is 1. The molecule has 2 aromatic rings. The van der Waals surface area contributed by atoms with Gasteiger partial charge in [-0.2, -0.15) is 0 Å². The average Bonchev–Trinajstić information content (AvgIpc) is 2.86. The molecule has 1 aliphatic rings. The summed E-state index contributed by atoms with van der Waals surface area (Å²) < 4.78 is 7.31. The summed E-state index contributed by atoms with van der Waals surface area (Å²) in [5.41, 5.74) is 0.980. The van der Waals surface area contributed by atoms with Crippen molar-refractivity contribution in [2.75, 3.05) is 11.9 Å². The van der Waals surface area contributed by atoms with Crippen LogP contribution in [0.1, 0.15) is 25.5 Å². The van der Waals surface area contributed by atoms with Gasteiger partial charge in [-0.25, -0.2) is 4.98 Å². The molecule has 0 radical (unpaired) electrons. The van der Waals surface area contributed by atoms with Crippen molar-refractivity contribution in [2.24, 2.45) is 5.92 Å². The van der Waals surface area contributed by atoms with Crippen LogP contribution in [-0.4, -0.2) is 16.2 Å². The highest BCUT2D eigenvalue weighted by Gasteiger charge is 2.24. The molecular formula is C16H19N3O2. The van der Waals surface area contributed by atoms with Crippen molar-refractivity contribution >= 4 is 5.82 Å². The molecule has 0 spiro atoms. The lowest BCUT2D eigenvalue weighted by Crippen LogP contribution is -2.27. The third-order valence-electron chi connectivity index (χ3n) is 3.49. The van der Waals surface area contributed by atoms with Crippen molar-refractivity contribution in [3.63, 3.8) is 0 Å². The van der Waals surface area contributed by atoms with E-state index in [9.17, 15) is 4.79 Å². The van der Waals surface area contributed by atoms with E-state index in [2.05, 4.69) is 24.1 Å². The van der Waals surface area contributed by atoms with Crippen LogP contribution in [-0.2, 0) is 6.54 Å². The lowest BCUT2D eigenvalue weighted by Gasteiger charge is -2.14. The van der Waals surface area contributed by atoms with Gasteiger partial charge in [-0.05, 0) is 12.0 Å². The fraction of sp³-hybridized carbons (Fsp3) is 0.375. The number of anilines is 1. The standard InChI is InChI=1S/C16H19N3O2/c1-11(2)9-19-8-7-17-15(16(19)20)18-13-10-21-14-6-4-3-5-12(13)14/h3-8,11,13H,9-10H2,1-2H3,(H,17,18). The van der Waals surface area contributed by atoms with E-state index in [4.69, 9.17) is 4.74 Å². The Morgan fingerprint density at radius 1 is 1.43 bits per heavy atom. The highest BCUT2D eigenvalue weighted by Crippen LogP contribution is 2.33. The summed E-state index contributed by atoms with van der Waals surface area (Å²) in [5, 5.41) is 3.21. The Labute approximate surface area is 123 Å². The van der Waals surface area contributed by atoms with E-state index >= 15 is 0 Å². The van der Waals surface area contributed by atoms with Crippen LogP contribution >= 0.6 is 0 Å². The summed E-state index contributed by atoms with van der Waals surface area (Å²) in [4.78, 5) is 16.6. The SMILES string of the molecule is CC(C)Cn1ccnc(NC2COc3ccccc32)c1=O. The van der Waals surface area contributed by atoms with Crippen molar-refractivity contribution < 1.29 is 4.74 Å². The predicted octanol–water partition coefficient (Wildman–Crippen LogP) is 2.44. The Morgan fingerprint density at radius 3 is 3.05 bits per heavy atom. The quantitative estimate of drug-likeness (QED) is 0.937. The number of nitrogens with one attached hydrogen (secondary N) is 1. The highest BCUT2D eigenvalue weighted by molar-refractivity contribution is 5.45. The van der Waals surface area contributed by atoms with Crippen molar-refractivity contribution in [1.29, 1.82) is 0 Å². The van der Waals surface area contributed by atoms with Gasteiger partial charge in [0.2, 0.25) is 0 Å². The zero-order valence-electron chi connectivity index (χ0n) is 12.2. The first-order valence-electron chi connectivity index (χ1n) is 7.19. The molecule has 0 bridgehead atoms. The van der Waals surface area contributed by atoms with Crippen LogP contribution in [0, 0.1) is 5.92 Å². The number of hydrogen-bond acceptors (Lipinski definition) is 4. The van der Waals surface area contributed by atoms with Crippen LogP contribution in [0.2, 0.25) is 0 Å². The first-order chi connectivity index (χ1) is 10.1. The minimum atomic E-state index is -0.0874. The maximum Gasteiger partial charge on any atom is 0.293 e. The minimum absolute atomic E-state index is 0.0312. The van der Waals surface area contributed by atoms with Crippen LogP contribution in [0.5, 0.6) is 5.75 Å². The maximum atomic E-state index is 12.4. The summed E-state index contributed by atoms with van der Waals surface area (Å²) in [6.07, 6.45) is 3.39. The highest BCUT2D eigenvalue weighted by atomic mass is 16.5. The molecule has 1 aromatic heterocycles. The van der Waals surface area contributed by atoms with E-state index < -0.39 is 0 Å². The van der Waals surface area contributed by atoms with Gasteiger partial charge < -0.3 is 14.6 Å². The van der Waals surface area contributed by atoms with Crippen LogP contribution in [0.3, 0.4) is 0 Å². The Bertz CT molecular complexity index is 694. The van der Waals surface area contributed by atoms with Crippen molar-refractivity contribution in [3.8, 4) is 5.75 Å². The van der Waals surface area contributed by atoms with Gasteiger partial charge in [0.25, 0.3) is 5.56 Å². The molecule has 1 atom stereocenters. The minimum Gasteiger partial charge on any atom is -0.491 e. The second-order valence-corrected chi connectivity index (χ2v) is 5.67. The van der Waals surface area contributed by atoms with Crippen molar-refractivity contribution in [1.82, 2.24) is 9.55 Å². The summed E-state index contributed by atoms with van der Waals surface area (Å²) in [7, 11) is 0. The lowest BCUT2D eigenvalue weighted by atomic mass is 10.1. The second kappa shape index (κ2) is 5.60.